The molecule has 0 bridgehead atoms. The van der Waals surface area contributed by atoms with Crippen molar-refractivity contribution < 1.29 is 0 Å². The van der Waals surface area contributed by atoms with E-state index in [0.717, 1.165) is 16.9 Å². The number of nitrogens with zero attached hydrogens (tertiary/aromatic N) is 1. The van der Waals surface area contributed by atoms with Crippen LogP contribution in [0.2, 0.25) is 0 Å². The van der Waals surface area contributed by atoms with Crippen molar-refractivity contribution >= 4 is 16.7 Å². The van der Waals surface area contributed by atoms with Gasteiger partial charge in [0.05, 0.1) is 5.52 Å². The summed E-state index contributed by atoms with van der Waals surface area (Å²) in [5, 5.41) is 1.17. The van der Waals surface area contributed by atoms with Crippen LogP contribution in [0.3, 0.4) is 0 Å². The maximum atomic E-state index is 5.61. The van der Waals surface area contributed by atoms with Gasteiger partial charge < -0.3 is 5.43 Å². The number of nitrogens with two attached hydrogens (primary N) is 1. The number of rotatable bonds is 1. The van der Waals surface area contributed by atoms with Crippen molar-refractivity contribution in [2.45, 2.75) is 40.0 Å². The molecule has 0 aliphatic rings. The Morgan fingerprint density at radius 3 is 2.39 bits per heavy atom. The molecule has 0 fully saturated rings. The molecule has 18 heavy (non-hydrogen) atoms. The zero-order valence-corrected chi connectivity index (χ0v) is 11.8. The number of hydrazine groups is 1. The first-order valence-corrected chi connectivity index (χ1v) is 6.22. The molecule has 0 atom stereocenters. The van der Waals surface area contributed by atoms with Gasteiger partial charge in [-0.15, -0.1) is 0 Å². The van der Waals surface area contributed by atoms with Crippen LogP contribution in [0.15, 0.2) is 18.2 Å². The summed E-state index contributed by atoms with van der Waals surface area (Å²) in [7, 11) is 0. The van der Waals surface area contributed by atoms with Gasteiger partial charge >= 0.3 is 0 Å². The Labute approximate surface area is 108 Å². The van der Waals surface area contributed by atoms with E-state index in [1.807, 2.05) is 0 Å². The summed E-state index contributed by atoms with van der Waals surface area (Å²) >= 11 is 0. The second-order valence-corrected chi connectivity index (χ2v) is 5.86. The topological polar surface area (TPSA) is 50.9 Å². The number of nitrogens with one attached hydrogen (secondary N) is 1. The third-order valence-corrected chi connectivity index (χ3v) is 3.46. The molecule has 96 valence electrons. The van der Waals surface area contributed by atoms with Crippen molar-refractivity contribution in [2.24, 2.45) is 5.84 Å². The summed E-state index contributed by atoms with van der Waals surface area (Å²) < 4.78 is 0. The molecule has 0 spiro atoms. The molecule has 0 saturated heterocycles. The fourth-order valence-electron chi connectivity index (χ4n) is 2.16. The molecule has 0 amide bonds. The Morgan fingerprint density at radius 1 is 1.17 bits per heavy atom. The van der Waals surface area contributed by atoms with E-state index in [-0.39, 0.29) is 5.41 Å². The van der Waals surface area contributed by atoms with Crippen LogP contribution in [0.25, 0.3) is 10.9 Å². The van der Waals surface area contributed by atoms with E-state index < -0.39 is 0 Å². The monoisotopic (exact) mass is 243 g/mol. The largest absolute Gasteiger partial charge is 0.308 e. The number of nitrogen functional groups attached to an aromatic ring is 1. The van der Waals surface area contributed by atoms with Gasteiger partial charge in [0.15, 0.2) is 0 Å². The lowest BCUT2D eigenvalue weighted by Gasteiger charge is -2.23. The zero-order valence-electron chi connectivity index (χ0n) is 11.8. The summed E-state index contributed by atoms with van der Waals surface area (Å²) in [6.07, 6.45) is 0. The summed E-state index contributed by atoms with van der Waals surface area (Å²) in [5.41, 5.74) is 7.37. The van der Waals surface area contributed by atoms with Crippen LogP contribution < -0.4 is 11.3 Å². The number of fused-ring (bicyclic) bond motifs is 1. The van der Waals surface area contributed by atoms with Crippen molar-refractivity contribution in [3.8, 4) is 0 Å². The minimum atomic E-state index is 0.0156. The fraction of sp³-hybridized carbons (Fsp3) is 0.400. The highest BCUT2D eigenvalue weighted by molar-refractivity contribution is 5.85. The van der Waals surface area contributed by atoms with Crippen LogP contribution in [-0.4, -0.2) is 4.98 Å². The van der Waals surface area contributed by atoms with E-state index in [1.165, 1.54) is 16.5 Å². The van der Waals surface area contributed by atoms with Crippen LogP contribution >= 0.6 is 0 Å². The van der Waals surface area contributed by atoms with Crippen molar-refractivity contribution in [3.63, 3.8) is 0 Å². The van der Waals surface area contributed by atoms with E-state index in [1.54, 1.807) is 0 Å². The van der Waals surface area contributed by atoms with Crippen molar-refractivity contribution in [3.05, 3.63) is 34.9 Å². The molecule has 0 radical (unpaired) electrons. The minimum Gasteiger partial charge on any atom is -0.308 e. The number of hydrogen-bond acceptors (Lipinski definition) is 3. The van der Waals surface area contributed by atoms with Gasteiger partial charge in [-0.25, -0.2) is 10.8 Å². The highest BCUT2D eigenvalue weighted by atomic mass is 15.3. The highest BCUT2D eigenvalue weighted by Crippen LogP contribution is 2.32. The summed E-state index contributed by atoms with van der Waals surface area (Å²) in [6, 6.07) is 6.45. The lowest BCUT2D eigenvalue weighted by Crippen LogP contribution is -2.19. The van der Waals surface area contributed by atoms with Gasteiger partial charge in [0.1, 0.15) is 5.82 Å². The third-order valence-electron chi connectivity index (χ3n) is 3.46. The zero-order chi connectivity index (χ0) is 13.5. The molecule has 2 rings (SSSR count). The second kappa shape index (κ2) is 4.25. The van der Waals surface area contributed by atoms with Gasteiger partial charge in [-0.1, -0.05) is 32.9 Å². The van der Waals surface area contributed by atoms with Gasteiger partial charge in [0.25, 0.3) is 0 Å². The fourth-order valence-corrected chi connectivity index (χ4v) is 2.16. The van der Waals surface area contributed by atoms with Crippen LogP contribution in [0.1, 0.15) is 37.5 Å². The Balaban J connectivity index is 2.81. The predicted octanol–water partition coefficient (Wildman–Crippen LogP) is 3.43. The molecular weight excluding hydrogens is 222 g/mol. The number of pyridine rings is 1. The first-order chi connectivity index (χ1) is 8.34. The van der Waals surface area contributed by atoms with Crippen LogP contribution in [-0.2, 0) is 5.41 Å². The summed E-state index contributed by atoms with van der Waals surface area (Å²) in [5.74, 6) is 6.38. The van der Waals surface area contributed by atoms with Gasteiger partial charge in [0, 0.05) is 10.9 Å². The molecule has 0 aliphatic heterocycles. The predicted molar refractivity (Wildman–Crippen MR) is 77.7 cm³/mol. The molecular formula is C15H21N3. The standard InChI is InChI=1S/C15H21N3/c1-9-6-7-11-8-12(15(3,4)5)14(18-16)17-13(11)10(9)2/h6-8H,16H2,1-5H3,(H,17,18). The number of aromatic nitrogens is 1. The quantitative estimate of drug-likeness (QED) is 0.596. The Kier molecular flexibility index (Phi) is 3.03. The normalized spacial score (nSPS) is 11.9. The van der Waals surface area contributed by atoms with E-state index in [0.29, 0.717) is 0 Å². The number of aryl methyl sites for hydroxylation is 2. The molecule has 3 heteroatoms. The molecule has 0 unspecified atom stereocenters. The average Bonchev–Trinajstić information content (AvgIpc) is 2.31. The molecule has 3 N–H and O–H groups in total. The van der Waals surface area contributed by atoms with Gasteiger partial charge in [0.2, 0.25) is 0 Å². The first kappa shape index (κ1) is 12.8. The van der Waals surface area contributed by atoms with Crippen molar-refractivity contribution in [1.82, 2.24) is 4.98 Å². The lowest BCUT2D eigenvalue weighted by molar-refractivity contribution is 0.590. The Morgan fingerprint density at radius 2 is 1.83 bits per heavy atom. The minimum absolute atomic E-state index is 0.0156. The molecule has 1 aromatic heterocycles. The van der Waals surface area contributed by atoms with Gasteiger partial charge in [-0.05, 0) is 36.5 Å². The maximum Gasteiger partial charge on any atom is 0.144 e. The summed E-state index contributed by atoms with van der Waals surface area (Å²) in [4.78, 5) is 4.68. The van der Waals surface area contributed by atoms with Crippen molar-refractivity contribution in [1.29, 1.82) is 0 Å². The van der Waals surface area contributed by atoms with Crippen LogP contribution in [0.5, 0.6) is 0 Å². The van der Waals surface area contributed by atoms with E-state index >= 15 is 0 Å². The molecule has 3 nitrogen and oxygen atoms in total. The number of anilines is 1. The smallest absolute Gasteiger partial charge is 0.144 e. The van der Waals surface area contributed by atoms with Gasteiger partial charge in [-0.2, -0.15) is 0 Å². The Hall–Kier alpha value is -1.61. The molecule has 1 aromatic carbocycles. The maximum absolute atomic E-state index is 5.61. The number of hydrogen-bond donors (Lipinski definition) is 2. The third kappa shape index (κ3) is 2.06. The van der Waals surface area contributed by atoms with E-state index in [4.69, 9.17) is 5.84 Å². The van der Waals surface area contributed by atoms with E-state index in [2.05, 4.69) is 63.2 Å². The molecule has 1 heterocycles. The van der Waals surface area contributed by atoms with Crippen molar-refractivity contribution in [2.75, 3.05) is 5.43 Å². The summed E-state index contributed by atoms with van der Waals surface area (Å²) in [6.45, 7) is 10.7. The lowest BCUT2D eigenvalue weighted by atomic mass is 9.86. The Bertz CT molecular complexity index is 595. The first-order valence-electron chi connectivity index (χ1n) is 6.22. The second-order valence-electron chi connectivity index (χ2n) is 5.86. The van der Waals surface area contributed by atoms with Gasteiger partial charge in [-0.3, -0.25) is 0 Å². The number of benzene rings is 1. The molecule has 2 aromatic rings. The van der Waals surface area contributed by atoms with E-state index in [9.17, 15) is 0 Å². The average molecular weight is 243 g/mol. The molecule has 0 aliphatic carbocycles. The highest BCUT2D eigenvalue weighted by Gasteiger charge is 2.20. The van der Waals surface area contributed by atoms with Crippen LogP contribution in [0.4, 0.5) is 5.82 Å². The van der Waals surface area contributed by atoms with Crippen LogP contribution in [0, 0.1) is 13.8 Å². The SMILES string of the molecule is Cc1ccc2cc(C(C)(C)C)c(NN)nc2c1C. The molecule has 0 saturated carbocycles.